The molecule has 0 bridgehead atoms. The van der Waals surface area contributed by atoms with E-state index in [9.17, 15) is 9.59 Å². The van der Waals surface area contributed by atoms with Gasteiger partial charge in [0, 0.05) is 21.4 Å². The van der Waals surface area contributed by atoms with Gasteiger partial charge in [-0.1, -0.05) is 106 Å². The molecule has 0 aliphatic carbocycles. The molecule has 2 aliphatic rings. The number of para-hydroxylation sites is 1. The highest BCUT2D eigenvalue weighted by molar-refractivity contribution is 8.00. The Kier molecular flexibility index (Phi) is 7.21. The van der Waals surface area contributed by atoms with Gasteiger partial charge in [0.15, 0.2) is 15.3 Å². The number of carbonyl (C=O) groups excluding carboxylic acids is 2. The molecule has 0 saturated carbocycles. The molecule has 4 heterocycles. The maximum absolute atomic E-state index is 15.1. The van der Waals surface area contributed by atoms with E-state index in [2.05, 4.69) is 10.2 Å². The van der Waals surface area contributed by atoms with E-state index >= 15 is 4.79 Å². The molecule has 1 unspecified atom stereocenters. The van der Waals surface area contributed by atoms with Crippen molar-refractivity contribution in [2.75, 3.05) is 9.80 Å². The molecule has 2 aromatic heterocycles. The first-order valence-electron chi connectivity index (χ1n) is 14.5. The van der Waals surface area contributed by atoms with Gasteiger partial charge in [-0.15, -0.1) is 10.2 Å². The smallest absolute Gasteiger partial charge is 0.297 e. The number of benzene rings is 4. The number of anilines is 2. The Morgan fingerprint density at radius 3 is 2.47 bits per heavy atom. The van der Waals surface area contributed by atoms with Crippen LogP contribution < -0.4 is 15.2 Å². The molecule has 0 N–H and O–H groups in total. The maximum Gasteiger partial charge on any atom is 0.297 e. The average Bonchev–Trinajstić information content (AvgIpc) is 3.70. The Hall–Kier alpha value is -4.48. The van der Waals surface area contributed by atoms with Gasteiger partial charge in [-0.3, -0.25) is 19.3 Å². The molecule has 0 radical (unpaired) electrons. The number of thioether (sulfide) groups is 1. The third kappa shape index (κ3) is 4.70. The highest BCUT2D eigenvalue weighted by atomic mass is 35.5. The molecule has 0 fully saturated rings. The van der Waals surface area contributed by atoms with Crippen LogP contribution in [0, 0.1) is 6.92 Å². The highest BCUT2D eigenvalue weighted by Gasteiger charge is 2.66. The number of aromatic nitrogens is 2. The molecule has 2 amide bonds. The summed E-state index contributed by atoms with van der Waals surface area (Å²) in [5, 5.41) is 10.1. The van der Waals surface area contributed by atoms with E-state index in [-0.39, 0.29) is 34.0 Å². The lowest BCUT2D eigenvalue weighted by Crippen LogP contribution is -2.53. The van der Waals surface area contributed by atoms with Gasteiger partial charge in [0.05, 0.1) is 23.2 Å². The summed E-state index contributed by atoms with van der Waals surface area (Å²) in [5.74, 6) is -0.777. The van der Waals surface area contributed by atoms with Crippen molar-refractivity contribution in [2.45, 2.75) is 29.1 Å². The fourth-order valence-corrected chi connectivity index (χ4v) is 8.51. The van der Waals surface area contributed by atoms with Crippen LogP contribution >= 0.6 is 46.3 Å². The second-order valence-corrected chi connectivity index (χ2v) is 14.3. The third-order valence-electron chi connectivity index (χ3n) is 8.39. The normalized spacial score (nSPS) is 16.8. The van der Waals surface area contributed by atoms with Crippen molar-refractivity contribution in [1.82, 2.24) is 10.2 Å². The Bertz CT molecular complexity index is 2320. The average molecular weight is 698 g/mol. The van der Waals surface area contributed by atoms with E-state index < -0.39 is 22.8 Å². The van der Waals surface area contributed by atoms with Crippen LogP contribution in [0.25, 0.3) is 11.0 Å². The lowest BCUT2D eigenvalue weighted by molar-refractivity contribution is -0.121. The zero-order valence-electron chi connectivity index (χ0n) is 24.6. The fourth-order valence-electron chi connectivity index (χ4n) is 6.29. The Morgan fingerprint density at radius 2 is 1.66 bits per heavy atom. The number of fused-ring (bicyclic) bond motifs is 5. The van der Waals surface area contributed by atoms with Crippen LogP contribution in [0.15, 0.2) is 105 Å². The van der Waals surface area contributed by atoms with E-state index in [0.29, 0.717) is 31.4 Å². The van der Waals surface area contributed by atoms with Gasteiger partial charge >= 0.3 is 0 Å². The summed E-state index contributed by atoms with van der Waals surface area (Å²) < 4.78 is 6.74. The van der Waals surface area contributed by atoms with E-state index in [1.807, 2.05) is 61.5 Å². The first-order valence-corrected chi connectivity index (χ1v) is 17.1. The second kappa shape index (κ2) is 11.3. The predicted molar refractivity (Wildman–Crippen MR) is 185 cm³/mol. The van der Waals surface area contributed by atoms with Crippen LogP contribution in [0.4, 0.5) is 10.8 Å². The molecule has 12 heteroatoms. The molecule has 6 aromatic rings. The monoisotopic (exact) mass is 696 g/mol. The van der Waals surface area contributed by atoms with E-state index in [0.717, 1.165) is 28.0 Å². The summed E-state index contributed by atoms with van der Waals surface area (Å²) in [4.78, 5) is 47.0. The quantitative estimate of drug-likeness (QED) is 0.129. The Balaban J connectivity index is 1.32. The molecule has 8 nitrogen and oxygen atoms in total. The topological polar surface area (TPSA) is 96.6 Å². The molecule has 4 aromatic carbocycles. The van der Waals surface area contributed by atoms with Crippen LogP contribution in [-0.4, -0.2) is 22.0 Å². The highest BCUT2D eigenvalue weighted by Crippen LogP contribution is 2.55. The van der Waals surface area contributed by atoms with Gasteiger partial charge in [-0.25, -0.2) is 0 Å². The largest absolute Gasteiger partial charge is 0.450 e. The molecule has 0 saturated heterocycles. The van der Waals surface area contributed by atoms with Crippen molar-refractivity contribution < 1.29 is 14.0 Å². The van der Waals surface area contributed by atoms with E-state index in [4.69, 9.17) is 27.6 Å². The number of carbonyl (C=O) groups is 2. The first-order chi connectivity index (χ1) is 22.8. The molecule has 1 spiro atoms. The maximum atomic E-state index is 15.1. The fraction of sp³-hybridized carbons (Fsp3) is 0.114. The summed E-state index contributed by atoms with van der Waals surface area (Å²) in [7, 11) is 0. The van der Waals surface area contributed by atoms with Crippen molar-refractivity contribution in [3.05, 3.63) is 145 Å². The van der Waals surface area contributed by atoms with Gasteiger partial charge in [0.1, 0.15) is 5.58 Å². The minimum atomic E-state index is -1.89. The van der Waals surface area contributed by atoms with E-state index in [1.165, 1.54) is 22.7 Å². The summed E-state index contributed by atoms with van der Waals surface area (Å²) >= 11 is 15.1. The number of amides is 2. The number of hydrogen-bond donors (Lipinski definition) is 0. The molecular weight excluding hydrogens is 675 g/mol. The van der Waals surface area contributed by atoms with Crippen LogP contribution in [0.3, 0.4) is 0 Å². The van der Waals surface area contributed by atoms with E-state index in [1.54, 1.807) is 35.2 Å². The summed E-state index contributed by atoms with van der Waals surface area (Å²) in [6, 6.07) is 27.2. The van der Waals surface area contributed by atoms with Crippen LogP contribution in [0.2, 0.25) is 10.0 Å². The zero-order valence-corrected chi connectivity index (χ0v) is 27.7. The summed E-state index contributed by atoms with van der Waals surface area (Å²) in [5.41, 5.74) is 1.74. The standard InChI is InChI=1S/C35H22Cl2N4O4S2/c1-19-9-11-20(12-10-19)17-40-26-8-3-2-7-25(26)35(32(40)44)28-29(42)24-16-23(37)13-14-27(24)45-30(28)31(43)41(35)33-38-39-34(47-33)46-18-21-5-4-6-22(36)15-21/h2-16H,17-18H2,1H3. The number of rotatable bonds is 6. The van der Waals surface area contributed by atoms with Gasteiger partial charge in [0.25, 0.3) is 11.8 Å². The van der Waals surface area contributed by atoms with Crippen molar-refractivity contribution in [3.63, 3.8) is 0 Å². The molecular formula is C35H22Cl2N4O4S2. The zero-order chi connectivity index (χ0) is 32.4. The minimum Gasteiger partial charge on any atom is -0.450 e. The Labute approximate surface area is 286 Å². The number of aryl methyl sites for hydroxylation is 1. The van der Waals surface area contributed by atoms with Crippen molar-refractivity contribution in [1.29, 1.82) is 0 Å². The van der Waals surface area contributed by atoms with Gasteiger partial charge in [-0.2, -0.15) is 0 Å². The first kappa shape index (κ1) is 29.9. The second-order valence-electron chi connectivity index (χ2n) is 11.3. The van der Waals surface area contributed by atoms with Crippen molar-refractivity contribution >= 4 is 79.9 Å². The van der Waals surface area contributed by atoms with Crippen molar-refractivity contribution in [2.24, 2.45) is 0 Å². The SMILES string of the molecule is Cc1ccc(CN2C(=O)C3(c4ccccc42)c2c(oc4ccc(Cl)cc4c2=O)C(=O)N3c2nnc(SCc3cccc(Cl)c3)s2)cc1. The molecule has 47 heavy (non-hydrogen) atoms. The van der Waals surface area contributed by atoms with Crippen LogP contribution in [0.5, 0.6) is 0 Å². The molecule has 8 rings (SSSR count). The molecule has 232 valence electrons. The van der Waals surface area contributed by atoms with Crippen LogP contribution in [-0.2, 0) is 22.6 Å². The third-order valence-corrected chi connectivity index (χ3v) is 11.0. The van der Waals surface area contributed by atoms with Crippen molar-refractivity contribution in [3.8, 4) is 0 Å². The number of nitrogens with zero attached hydrogens (tertiary/aromatic N) is 4. The Morgan fingerprint density at radius 1 is 0.872 bits per heavy atom. The summed E-state index contributed by atoms with van der Waals surface area (Å²) in [6.45, 7) is 2.21. The number of halogens is 2. The van der Waals surface area contributed by atoms with Gasteiger partial charge in [0.2, 0.25) is 10.9 Å². The lowest BCUT2D eigenvalue weighted by atomic mass is 9.84. The van der Waals surface area contributed by atoms with Gasteiger partial charge in [-0.05, 0) is 54.4 Å². The number of hydrogen-bond acceptors (Lipinski definition) is 8. The molecule has 1 atom stereocenters. The van der Waals surface area contributed by atoms with Gasteiger partial charge < -0.3 is 9.32 Å². The minimum absolute atomic E-state index is 0.0653. The lowest BCUT2D eigenvalue weighted by Gasteiger charge is -2.32. The summed E-state index contributed by atoms with van der Waals surface area (Å²) in [6.07, 6.45) is 0. The molecule has 2 aliphatic heterocycles. The predicted octanol–water partition coefficient (Wildman–Crippen LogP) is 8.00. The van der Waals surface area contributed by atoms with Crippen LogP contribution in [0.1, 0.15) is 38.4 Å².